The molecule has 0 aromatic heterocycles. The average Bonchev–Trinajstić information content (AvgIpc) is 2.93. The van der Waals surface area contributed by atoms with E-state index in [-0.39, 0.29) is 5.54 Å². The summed E-state index contributed by atoms with van der Waals surface area (Å²) in [7, 11) is -3.21. The average molecular weight is 304 g/mol. The molecular formula is C16H33NO2S. The fourth-order valence-corrected chi connectivity index (χ4v) is 3.47. The van der Waals surface area contributed by atoms with E-state index in [4.69, 9.17) is 0 Å². The van der Waals surface area contributed by atoms with Gasteiger partial charge in [-0.25, -0.2) is 13.1 Å². The lowest BCUT2D eigenvalue weighted by Gasteiger charge is -2.25. The maximum absolute atomic E-state index is 12.2. The van der Waals surface area contributed by atoms with Gasteiger partial charge in [0.1, 0.15) is 0 Å². The summed E-state index contributed by atoms with van der Waals surface area (Å²) in [6.45, 7) is 12.1. The summed E-state index contributed by atoms with van der Waals surface area (Å²) in [5, 5.41) is 0. The Morgan fingerprint density at radius 2 is 1.50 bits per heavy atom. The Balaban J connectivity index is 2.34. The van der Waals surface area contributed by atoms with Gasteiger partial charge in [-0.1, -0.05) is 40.0 Å². The normalized spacial score (nSPS) is 19.1. The van der Waals surface area contributed by atoms with Crippen molar-refractivity contribution in [1.29, 1.82) is 0 Å². The lowest BCUT2D eigenvalue weighted by molar-refractivity contribution is 0.353. The Hall–Kier alpha value is -0.0900. The Kier molecular flexibility index (Phi) is 5.35. The Morgan fingerprint density at radius 1 is 0.950 bits per heavy atom. The molecule has 0 radical (unpaired) electrons. The van der Waals surface area contributed by atoms with Crippen molar-refractivity contribution >= 4 is 10.0 Å². The first kappa shape index (κ1) is 18.0. The van der Waals surface area contributed by atoms with E-state index in [0.717, 1.165) is 25.7 Å². The highest BCUT2D eigenvalue weighted by atomic mass is 32.2. The second-order valence-corrected chi connectivity index (χ2v) is 11.1. The maximum atomic E-state index is 12.2. The van der Waals surface area contributed by atoms with Crippen LogP contribution in [0.2, 0.25) is 0 Å². The SMILES string of the molecule is CC(C)(C)CCCCCC1(NS(=O)(=O)C(C)(C)C)CC1. The van der Waals surface area contributed by atoms with Crippen LogP contribution in [-0.2, 0) is 10.0 Å². The smallest absolute Gasteiger partial charge is 0.212 e. The molecule has 1 aliphatic rings. The van der Waals surface area contributed by atoms with E-state index in [1.54, 1.807) is 20.8 Å². The second kappa shape index (κ2) is 5.96. The molecule has 0 spiro atoms. The molecule has 20 heavy (non-hydrogen) atoms. The van der Waals surface area contributed by atoms with E-state index < -0.39 is 14.8 Å². The minimum absolute atomic E-state index is 0.117. The fourth-order valence-electron chi connectivity index (χ4n) is 2.29. The number of unbranched alkanes of at least 4 members (excludes halogenated alkanes) is 2. The second-order valence-electron chi connectivity index (χ2n) is 8.62. The van der Waals surface area contributed by atoms with Gasteiger partial charge < -0.3 is 0 Å². The molecule has 1 aliphatic carbocycles. The number of hydrogen-bond donors (Lipinski definition) is 1. The predicted molar refractivity (Wildman–Crippen MR) is 86.3 cm³/mol. The molecule has 0 atom stereocenters. The van der Waals surface area contributed by atoms with E-state index in [9.17, 15) is 8.42 Å². The molecule has 0 aromatic carbocycles. The molecule has 1 saturated carbocycles. The van der Waals surface area contributed by atoms with E-state index in [1.165, 1.54) is 19.3 Å². The van der Waals surface area contributed by atoms with Crippen molar-refractivity contribution in [3.05, 3.63) is 0 Å². The monoisotopic (exact) mass is 303 g/mol. The van der Waals surface area contributed by atoms with Crippen LogP contribution < -0.4 is 4.72 Å². The van der Waals surface area contributed by atoms with Crippen molar-refractivity contribution in [2.75, 3.05) is 0 Å². The molecule has 0 unspecified atom stereocenters. The van der Waals surface area contributed by atoms with Crippen molar-refractivity contribution < 1.29 is 8.42 Å². The molecule has 4 heteroatoms. The molecule has 0 saturated heterocycles. The van der Waals surface area contributed by atoms with E-state index in [1.807, 2.05) is 0 Å². The molecule has 3 nitrogen and oxygen atoms in total. The zero-order valence-electron chi connectivity index (χ0n) is 14.2. The molecule has 1 rings (SSSR count). The summed E-state index contributed by atoms with van der Waals surface area (Å²) in [5.41, 5.74) is 0.291. The highest BCUT2D eigenvalue weighted by Crippen LogP contribution is 2.42. The molecule has 0 amide bonds. The van der Waals surface area contributed by atoms with Crippen LogP contribution in [0.25, 0.3) is 0 Å². The van der Waals surface area contributed by atoms with Crippen LogP contribution in [0.5, 0.6) is 0 Å². The van der Waals surface area contributed by atoms with Crippen LogP contribution in [0, 0.1) is 5.41 Å². The summed E-state index contributed by atoms with van der Waals surface area (Å²) >= 11 is 0. The van der Waals surface area contributed by atoms with Crippen molar-refractivity contribution in [3.8, 4) is 0 Å². The number of sulfonamides is 1. The van der Waals surface area contributed by atoms with Crippen LogP contribution >= 0.6 is 0 Å². The number of rotatable bonds is 7. The van der Waals surface area contributed by atoms with Crippen LogP contribution in [0.3, 0.4) is 0 Å². The van der Waals surface area contributed by atoms with E-state index in [2.05, 4.69) is 25.5 Å². The molecular weight excluding hydrogens is 270 g/mol. The Labute approximate surface area is 126 Å². The summed E-state index contributed by atoms with van der Waals surface area (Å²) < 4.78 is 26.7. The van der Waals surface area contributed by atoms with Crippen LogP contribution in [-0.4, -0.2) is 18.7 Å². The first-order valence-corrected chi connectivity index (χ1v) is 9.39. The van der Waals surface area contributed by atoms with Crippen LogP contribution in [0.4, 0.5) is 0 Å². The van der Waals surface area contributed by atoms with Gasteiger partial charge in [-0.05, 0) is 51.9 Å². The standard InChI is InChI=1S/C16H33NO2S/c1-14(2,3)10-8-7-9-11-16(12-13-16)17-20(18,19)15(4,5)6/h17H,7-13H2,1-6H3. The first-order valence-electron chi connectivity index (χ1n) is 7.91. The van der Waals surface area contributed by atoms with Crippen molar-refractivity contribution in [1.82, 2.24) is 4.72 Å². The largest absolute Gasteiger partial charge is 0.217 e. The molecule has 1 N–H and O–H groups in total. The van der Waals surface area contributed by atoms with Gasteiger partial charge in [-0.2, -0.15) is 0 Å². The molecule has 1 fully saturated rings. The van der Waals surface area contributed by atoms with Gasteiger partial charge in [0.2, 0.25) is 10.0 Å². The van der Waals surface area contributed by atoms with Gasteiger partial charge in [0.25, 0.3) is 0 Å². The third kappa shape index (κ3) is 5.72. The lowest BCUT2D eigenvalue weighted by Crippen LogP contribution is -2.46. The van der Waals surface area contributed by atoms with Gasteiger partial charge in [-0.3, -0.25) is 0 Å². The fraction of sp³-hybridized carbons (Fsp3) is 1.00. The molecule has 0 bridgehead atoms. The van der Waals surface area contributed by atoms with Gasteiger partial charge in [0, 0.05) is 5.54 Å². The van der Waals surface area contributed by atoms with Crippen molar-refractivity contribution in [2.24, 2.45) is 5.41 Å². The molecule has 0 aliphatic heterocycles. The van der Waals surface area contributed by atoms with Gasteiger partial charge >= 0.3 is 0 Å². The van der Waals surface area contributed by atoms with Gasteiger partial charge in [-0.15, -0.1) is 0 Å². The lowest BCUT2D eigenvalue weighted by atomic mass is 9.89. The molecule has 120 valence electrons. The highest BCUT2D eigenvalue weighted by Gasteiger charge is 2.47. The molecule has 0 heterocycles. The quantitative estimate of drug-likeness (QED) is 0.715. The van der Waals surface area contributed by atoms with Crippen molar-refractivity contribution in [2.45, 2.75) is 96.8 Å². The minimum Gasteiger partial charge on any atom is -0.212 e. The summed E-state index contributed by atoms with van der Waals surface area (Å²) in [4.78, 5) is 0. The minimum atomic E-state index is -3.21. The number of hydrogen-bond acceptors (Lipinski definition) is 2. The third-order valence-electron chi connectivity index (χ3n) is 4.09. The van der Waals surface area contributed by atoms with Crippen LogP contribution in [0.1, 0.15) is 86.5 Å². The number of nitrogens with one attached hydrogen (secondary N) is 1. The Morgan fingerprint density at radius 3 is 1.90 bits per heavy atom. The molecule has 0 aromatic rings. The zero-order chi connectivity index (χ0) is 15.7. The summed E-state index contributed by atoms with van der Waals surface area (Å²) in [6.07, 6.45) is 7.81. The summed E-state index contributed by atoms with van der Waals surface area (Å²) in [5.74, 6) is 0. The van der Waals surface area contributed by atoms with E-state index in [0.29, 0.717) is 5.41 Å². The van der Waals surface area contributed by atoms with Crippen molar-refractivity contribution in [3.63, 3.8) is 0 Å². The van der Waals surface area contributed by atoms with Crippen LogP contribution in [0.15, 0.2) is 0 Å². The van der Waals surface area contributed by atoms with Gasteiger partial charge in [0.15, 0.2) is 0 Å². The summed E-state index contributed by atoms with van der Waals surface area (Å²) in [6, 6.07) is 0. The van der Waals surface area contributed by atoms with Gasteiger partial charge in [0.05, 0.1) is 4.75 Å². The Bertz CT molecular complexity index is 409. The zero-order valence-corrected chi connectivity index (χ0v) is 15.0. The topological polar surface area (TPSA) is 46.2 Å². The highest BCUT2D eigenvalue weighted by molar-refractivity contribution is 7.90. The maximum Gasteiger partial charge on any atom is 0.217 e. The predicted octanol–water partition coefficient (Wildman–Crippen LogP) is 4.23. The first-order chi connectivity index (χ1) is 8.87. The van der Waals surface area contributed by atoms with E-state index >= 15 is 0 Å². The third-order valence-corrected chi connectivity index (χ3v) is 6.41.